The maximum Gasteiger partial charge on any atom is 0.339 e. The lowest BCUT2D eigenvalue weighted by molar-refractivity contribution is 0.461. The van der Waals surface area contributed by atoms with E-state index in [2.05, 4.69) is 0 Å². The summed E-state index contributed by atoms with van der Waals surface area (Å²) in [6.07, 6.45) is 0. The van der Waals surface area contributed by atoms with Crippen LogP contribution in [0.5, 0.6) is 5.75 Å². The molecule has 0 saturated carbocycles. The van der Waals surface area contributed by atoms with Crippen molar-refractivity contribution in [3.8, 4) is 11.8 Å². The quantitative estimate of drug-likeness (QED) is 0.815. The normalized spacial score (nSPS) is 10.8. The van der Waals surface area contributed by atoms with Crippen molar-refractivity contribution in [3.63, 3.8) is 0 Å². The second-order valence-electron chi connectivity index (χ2n) is 4.11. The van der Waals surface area contributed by atoms with E-state index in [0.717, 1.165) is 17.7 Å². The van der Waals surface area contributed by atoms with Crippen LogP contribution >= 0.6 is 0 Å². The molecule has 0 N–H and O–H groups in total. The first-order valence-electron chi connectivity index (χ1n) is 5.63. The Bertz CT molecular complexity index is 777. The van der Waals surface area contributed by atoms with Gasteiger partial charge in [-0.15, -0.1) is 0 Å². The van der Waals surface area contributed by atoms with E-state index in [9.17, 15) is 12.8 Å². The van der Waals surface area contributed by atoms with Crippen molar-refractivity contribution in [1.82, 2.24) is 0 Å². The van der Waals surface area contributed by atoms with E-state index in [1.807, 2.05) is 6.92 Å². The highest BCUT2D eigenvalue weighted by Crippen LogP contribution is 2.23. The lowest BCUT2D eigenvalue weighted by Crippen LogP contribution is -2.10. The summed E-state index contributed by atoms with van der Waals surface area (Å²) >= 11 is 0. The van der Waals surface area contributed by atoms with Gasteiger partial charge in [-0.1, -0.05) is 17.7 Å². The van der Waals surface area contributed by atoms with Gasteiger partial charge < -0.3 is 4.18 Å². The van der Waals surface area contributed by atoms with Crippen molar-refractivity contribution in [2.45, 2.75) is 11.8 Å². The van der Waals surface area contributed by atoms with Crippen LogP contribution in [-0.4, -0.2) is 8.42 Å². The highest BCUT2D eigenvalue weighted by Gasteiger charge is 2.18. The molecule has 0 spiro atoms. The fourth-order valence-electron chi connectivity index (χ4n) is 1.51. The third kappa shape index (κ3) is 2.95. The van der Waals surface area contributed by atoms with E-state index in [4.69, 9.17) is 9.44 Å². The summed E-state index contributed by atoms with van der Waals surface area (Å²) in [5.74, 6) is -1.34. The SMILES string of the molecule is Cc1ccc(S(=O)(=O)Oc2ccc(C#N)cc2F)cc1. The van der Waals surface area contributed by atoms with Gasteiger partial charge >= 0.3 is 10.1 Å². The number of halogens is 1. The number of benzene rings is 2. The largest absolute Gasteiger partial charge is 0.376 e. The summed E-state index contributed by atoms with van der Waals surface area (Å²) in [6, 6.07) is 11.1. The van der Waals surface area contributed by atoms with Crippen LogP contribution < -0.4 is 4.18 Å². The third-order valence-electron chi connectivity index (χ3n) is 2.57. The number of hydrogen-bond acceptors (Lipinski definition) is 4. The van der Waals surface area contributed by atoms with Crippen molar-refractivity contribution >= 4 is 10.1 Å². The summed E-state index contributed by atoms with van der Waals surface area (Å²) in [6.45, 7) is 1.82. The lowest BCUT2D eigenvalue weighted by Gasteiger charge is -2.08. The fraction of sp³-hybridized carbons (Fsp3) is 0.0714. The first-order valence-corrected chi connectivity index (χ1v) is 7.04. The van der Waals surface area contributed by atoms with Crippen LogP contribution in [0.4, 0.5) is 4.39 Å². The predicted octanol–water partition coefficient (Wildman–Crippen LogP) is 2.77. The molecule has 4 nitrogen and oxygen atoms in total. The lowest BCUT2D eigenvalue weighted by atomic mass is 10.2. The van der Waals surface area contributed by atoms with E-state index >= 15 is 0 Å². The van der Waals surface area contributed by atoms with Crippen molar-refractivity contribution in [3.05, 3.63) is 59.4 Å². The monoisotopic (exact) mass is 291 g/mol. The highest BCUT2D eigenvalue weighted by molar-refractivity contribution is 7.87. The first kappa shape index (κ1) is 14.0. The summed E-state index contributed by atoms with van der Waals surface area (Å²) in [7, 11) is -4.10. The predicted molar refractivity (Wildman–Crippen MR) is 70.1 cm³/mol. The Hall–Kier alpha value is -2.39. The zero-order valence-corrected chi connectivity index (χ0v) is 11.3. The van der Waals surface area contributed by atoms with E-state index in [1.54, 1.807) is 18.2 Å². The van der Waals surface area contributed by atoms with Crippen LogP contribution in [0.15, 0.2) is 47.4 Å². The molecule has 0 saturated heterocycles. The maximum absolute atomic E-state index is 13.6. The molecule has 0 aliphatic carbocycles. The molecule has 0 aliphatic rings. The molecule has 0 unspecified atom stereocenters. The van der Waals surface area contributed by atoms with E-state index in [0.29, 0.717) is 0 Å². The van der Waals surface area contributed by atoms with Gasteiger partial charge in [0.05, 0.1) is 11.6 Å². The minimum atomic E-state index is -4.10. The van der Waals surface area contributed by atoms with Gasteiger partial charge in [0.1, 0.15) is 4.90 Å². The zero-order chi connectivity index (χ0) is 14.8. The van der Waals surface area contributed by atoms with Crippen LogP contribution in [0.2, 0.25) is 0 Å². The van der Waals surface area contributed by atoms with Crippen molar-refractivity contribution in [2.75, 3.05) is 0 Å². The molecule has 0 aliphatic heterocycles. The van der Waals surface area contributed by atoms with Crippen molar-refractivity contribution in [2.24, 2.45) is 0 Å². The number of rotatable bonds is 3. The molecule has 0 aromatic heterocycles. The van der Waals surface area contributed by atoms with Crippen LogP contribution in [0, 0.1) is 24.1 Å². The Labute approximate surface area is 116 Å². The van der Waals surface area contributed by atoms with Crippen molar-refractivity contribution < 1.29 is 17.0 Å². The molecular formula is C14H10FNO3S. The van der Waals surface area contributed by atoms with Crippen molar-refractivity contribution in [1.29, 1.82) is 5.26 Å². The Morgan fingerprint density at radius 2 is 1.80 bits per heavy atom. The molecule has 0 bridgehead atoms. The highest BCUT2D eigenvalue weighted by atomic mass is 32.2. The molecule has 0 heterocycles. The van der Waals surface area contributed by atoms with Gasteiger partial charge in [-0.2, -0.15) is 13.7 Å². The van der Waals surface area contributed by atoms with Crippen LogP contribution in [-0.2, 0) is 10.1 Å². The van der Waals surface area contributed by atoms with Gasteiger partial charge in [0.25, 0.3) is 0 Å². The topological polar surface area (TPSA) is 67.2 Å². The second kappa shape index (κ2) is 5.31. The molecular weight excluding hydrogens is 281 g/mol. The molecule has 0 fully saturated rings. The zero-order valence-electron chi connectivity index (χ0n) is 10.5. The van der Waals surface area contributed by atoms with E-state index < -0.39 is 21.7 Å². The van der Waals surface area contributed by atoms with Crippen LogP contribution in [0.3, 0.4) is 0 Å². The summed E-state index contributed by atoms with van der Waals surface area (Å²) in [4.78, 5) is -0.0631. The number of aryl methyl sites for hydroxylation is 1. The standard InChI is InChI=1S/C14H10FNO3S/c1-10-2-5-12(6-3-10)20(17,18)19-14-7-4-11(9-16)8-13(14)15/h2-8H,1H3. The third-order valence-corrected chi connectivity index (χ3v) is 3.82. The van der Waals surface area contributed by atoms with Gasteiger partial charge in [-0.05, 0) is 37.3 Å². The summed E-state index contributed by atoms with van der Waals surface area (Å²) in [5.41, 5.74) is 0.982. The fourth-order valence-corrected chi connectivity index (χ4v) is 2.45. The molecule has 20 heavy (non-hydrogen) atoms. The van der Waals surface area contributed by atoms with E-state index in [-0.39, 0.29) is 10.5 Å². The van der Waals surface area contributed by atoms with Gasteiger partial charge in [0.2, 0.25) is 0 Å². The Kier molecular flexibility index (Phi) is 3.72. The number of nitriles is 1. The molecule has 2 aromatic rings. The molecule has 2 rings (SSSR count). The molecule has 6 heteroatoms. The Morgan fingerprint density at radius 3 is 2.35 bits per heavy atom. The molecule has 102 valence electrons. The Balaban J connectivity index is 2.34. The molecule has 0 radical (unpaired) electrons. The molecule has 2 aromatic carbocycles. The minimum absolute atomic E-state index is 0.0631. The van der Waals surface area contributed by atoms with E-state index in [1.165, 1.54) is 18.2 Å². The van der Waals surface area contributed by atoms with Gasteiger partial charge in [0, 0.05) is 0 Å². The van der Waals surface area contributed by atoms with Gasteiger partial charge in [-0.25, -0.2) is 4.39 Å². The maximum atomic E-state index is 13.6. The first-order chi connectivity index (χ1) is 9.42. The summed E-state index contributed by atoms with van der Waals surface area (Å²) in [5, 5.41) is 8.61. The minimum Gasteiger partial charge on any atom is -0.376 e. The number of nitrogens with zero attached hydrogens (tertiary/aromatic N) is 1. The Morgan fingerprint density at radius 1 is 1.15 bits per heavy atom. The van der Waals surface area contributed by atoms with Gasteiger partial charge in [0.15, 0.2) is 11.6 Å². The number of hydrogen-bond donors (Lipinski definition) is 0. The van der Waals surface area contributed by atoms with Crippen LogP contribution in [0.25, 0.3) is 0 Å². The second-order valence-corrected chi connectivity index (χ2v) is 5.65. The molecule has 0 amide bonds. The van der Waals surface area contributed by atoms with Gasteiger partial charge in [-0.3, -0.25) is 0 Å². The van der Waals surface area contributed by atoms with Crippen LogP contribution in [0.1, 0.15) is 11.1 Å². The average Bonchev–Trinajstić information content (AvgIpc) is 2.41. The average molecular weight is 291 g/mol. The molecule has 0 atom stereocenters. The summed E-state index contributed by atoms with van der Waals surface area (Å²) < 4.78 is 42.3. The smallest absolute Gasteiger partial charge is 0.339 e.